The van der Waals surface area contributed by atoms with Crippen LogP contribution in [0.2, 0.25) is 0 Å². The van der Waals surface area contributed by atoms with E-state index in [9.17, 15) is 0 Å². The van der Waals surface area contributed by atoms with Gasteiger partial charge < -0.3 is 14.8 Å². The second-order valence-electron chi connectivity index (χ2n) is 7.34. The number of pyridine rings is 2. The van der Waals surface area contributed by atoms with Crippen molar-refractivity contribution in [3.63, 3.8) is 0 Å². The van der Waals surface area contributed by atoms with Gasteiger partial charge in [-0.3, -0.25) is 9.97 Å². The SMILES string of the molecule is Cc1cccc(N2C(=S)N[C@H](c3ccccn3)[C@@H]2c2cccn2-c2ccncc2)c1. The Bertz CT molecular complexity index is 1170. The number of nitrogens with one attached hydrogen (secondary N) is 1. The molecule has 4 aromatic rings. The van der Waals surface area contributed by atoms with Crippen molar-refractivity contribution >= 4 is 23.0 Å². The van der Waals surface area contributed by atoms with Crippen LogP contribution in [0.5, 0.6) is 0 Å². The lowest BCUT2D eigenvalue weighted by Crippen LogP contribution is -2.30. The van der Waals surface area contributed by atoms with Crippen LogP contribution >= 0.6 is 12.2 Å². The number of benzene rings is 1. The van der Waals surface area contributed by atoms with Gasteiger partial charge in [0.05, 0.1) is 11.7 Å². The van der Waals surface area contributed by atoms with Crippen molar-refractivity contribution in [1.82, 2.24) is 19.9 Å². The van der Waals surface area contributed by atoms with Crippen molar-refractivity contribution in [2.24, 2.45) is 0 Å². The number of aryl methyl sites for hydroxylation is 1. The Morgan fingerprint density at radius 2 is 1.77 bits per heavy atom. The molecule has 1 fully saturated rings. The highest BCUT2D eigenvalue weighted by Gasteiger charge is 2.42. The van der Waals surface area contributed by atoms with Gasteiger partial charge in [-0.05, 0) is 73.2 Å². The molecule has 5 nitrogen and oxygen atoms in total. The molecule has 3 aromatic heterocycles. The molecule has 1 aliphatic rings. The first-order chi connectivity index (χ1) is 14.7. The van der Waals surface area contributed by atoms with Gasteiger partial charge in [0.1, 0.15) is 6.04 Å². The Morgan fingerprint density at radius 1 is 0.900 bits per heavy atom. The zero-order valence-electron chi connectivity index (χ0n) is 16.5. The van der Waals surface area contributed by atoms with Crippen LogP contribution in [-0.2, 0) is 0 Å². The maximum absolute atomic E-state index is 5.82. The zero-order chi connectivity index (χ0) is 20.5. The van der Waals surface area contributed by atoms with Gasteiger partial charge >= 0.3 is 0 Å². The monoisotopic (exact) mass is 411 g/mol. The number of rotatable bonds is 4. The van der Waals surface area contributed by atoms with Crippen LogP contribution in [0.3, 0.4) is 0 Å². The van der Waals surface area contributed by atoms with E-state index in [1.165, 1.54) is 5.56 Å². The van der Waals surface area contributed by atoms with Crippen LogP contribution < -0.4 is 10.2 Å². The lowest BCUT2D eigenvalue weighted by molar-refractivity contribution is 0.549. The Labute approximate surface area is 181 Å². The van der Waals surface area contributed by atoms with Gasteiger partial charge in [-0.1, -0.05) is 18.2 Å². The van der Waals surface area contributed by atoms with E-state index >= 15 is 0 Å². The molecule has 0 bridgehead atoms. The van der Waals surface area contributed by atoms with Gasteiger partial charge in [-0.2, -0.15) is 0 Å². The summed E-state index contributed by atoms with van der Waals surface area (Å²) in [6.07, 6.45) is 7.53. The maximum atomic E-state index is 5.82. The number of aromatic nitrogens is 3. The number of anilines is 1. The third kappa shape index (κ3) is 3.25. The van der Waals surface area contributed by atoms with Crippen LogP contribution in [0, 0.1) is 6.92 Å². The van der Waals surface area contributed by atoms with E-state index < -0.39 is 0 Å². The molecule has 1 aromatic carbocycles. The molecule has 0 amide bonds. The quantitative estimate of drug-likeness (QED) is 0.491. The van der Waals surface area contributed by atoms with E-state index in [2.05, 4.69) is 74.3 Å². The fraction of sp³-hybridized carbons (Fsp3) is 0.125. The van der Waals surface area contributed by atoms with Gasteiger partial charge in [-0.25, -0.2) is 0 Å². The fourth-order valence-electron chi connectivity index (χ4n) is 4.09. The van der Waals surface area contributed by atoms with E-state index in [-0.39, 0.29) is 12.1 Å². The molecule has 30 heavy (non-hydrogen) atoms. The molecule has 1 N–H and O–H groups in total. The first kappa shape index (κ1) is 18.5. The molecular formula is C24H21N5S. The molecule has 148 valence electrons. The highest BCUT2D eigenvalue weighted by molar-refractivity contribution is 7.80. The molecule has 5 rings (SSSR count). The summed E-state index contributed by atoms with van der Waals surface area (Å²) in [5, 5.41) is 4.22. The number of hydrogen-bond acceptors (Lipinski definition) is 3. The van der Waals surface area contributed by atoms with Crippen molar-refractivity contribution in [1.29, 1.82) is 0 Å². The minimum atomic E-state index is -0.0744. The molecule has 0 radical (unpaired) electrons. The van der Waals surface area contributed by atoms with Gasteiger partial charge in [0.15, 0.2) is 5.11 Å². The smallest absolute Gasteiger partial charge is 0.174 e. The molecule has 0 unspecified atom stereocenters. The van der Waals surface area contributed by atoms with Crippen molar-refractivity contribution in [2.45, 2.75) is 19.0 Å². The lowest BCUT2D eigenvalue weighted by atomic mass is 10.0. The van der Waals surface area contributed by atoms with Crippen molar-refractivity contribution in [2.75, 3.05) is 4.90 Å². The second kappa shape index (κ2) is 7.72. The molecule has 0 spiro atoms. The van der Waals surface area contributed by atoms with Crippen LogP contribution in [-0.4, -0.2) is 19.6 Å². The molecule has 2 atom stereocenters. The largest absolute Gasteiger partial charge is 0.351 e. The topological polar surface area (TPSA) is 46.0 Å². The highest BCUT2D eigenvalue weighted by atomic mass is 32.1. The number of nitrogens with zero attached hydrogens (tertiary/aromatic N) is 4. The summed E-state index contributed by atoms with van der Waals surface area (Å²) in [6, 6.07) is 22.6. The van der Waals surface area contributed by atoms with E-state index in [0.717, 1.165) is 22.8 Å². The first-order valence-corrected chi connectivity index (χ1v) is 10.3. The maximum Gasteiger partial charge on any atom is 0.174 e. The average molecular weight is 412 g/mol. The predicted octanol–water partition coefficient (Wildman–Crippen LogP) is 4.75. The Balaban J connectivity index is 1.68. The highest BCUT2D eigenvalue weighted by Crippen LogP contribution is 2.42. The van der Waals surface area contributed by atoms with Crippen LogP contribution in [0.4, 0.5) is 5.69 Å². The van der Waals surface area contributed by atoms with Crippen molar-refractivity contribution in [3.8, 4) is 5.69 Å². The van der Waals surface area contributed by atoms with E-state index in [1.54, 1.807) is 0 Å². The van der Waals surface area contributed by atoms with Gasteiger partial charge in [0, 0.05) is 41.9 Å². The third-order valence-electron chi connectivity index (χ3n) is 5.40. The predicted molar refractivity (Wildman–Crippen MR) is 123 cm³/mol. The number of thiocarbonyl (C=S) groups is 1. The fourth-order valence-corrected chi connectivity index (χ4v) is 4.43. The van der Waals surface area contributed by atoms with E-state index in [1.807, 2.05) is 48.9 Å². The minimum Gasteiger partial charge on any atom is -0.351 e. The molecule has 0 saturated carbocycles. The summed E-state index contributed by atoms with van der Waals surface area (Å²) in [7, 11) is 0. The summed E-state index contributed by atoms with van der Waals surface area (Å²) in [4.78, 5) is 11.0. The average Bonchev–Trinajstić information content (AvgIpc) is 3.39. The zero-order valence-corrected chi connectivity index (χ0v) is 17.3. The molecule has 4 heterocycles. The van der Waals surface area contributed by atoms with Gasteiger partial charge in [0.25, 0.3) is 0 Å². The van der Waals surface area contributed by atoms with Crippen LogP contribution in [0.15, 0.2) is 91.5 Å². The van der Waals surface area contributed by atoms with Crippen LogP contribution in [0.1, 0.15) is 29.0 Å². The summed E-state index contributed by atoms with van der Waals surface area (Å²) < 4.78 is 2.20. The summed E-state index contributed by atoms with van der Waals surface area (Å²) in [5.41, 5.74) is 5.42. The summed E-state index contributed by atoms with van der Waals surface area (Å²) in [5.74, 6) is 0. The van der Waals surface area contributed by atoms with Gasteiger partial charge in [-0.15, -0.1) is 0 Å². The van der Waals surface area contributed by atoms with Crippen LogP contribution in [0.25, 0.3) is 5.69 Å². The Kier molecular flexibility index (Phi) is 4.77. The van der Waals surface area contributed by atoms with Gasteiger partial charge in [0.2, 0.25) is 0 Å². The molecule has 6 heteroatoms. The molecule has 0 aliphatic carbocycles. The first-order valence-electron chi connectivity index (χ1n) is 9.87. The van der Waals surface area contributed by atoms with E-state index in [4.69, 9.17) is 12.2 Å². The lowest BCUT2D eigenvalue weighted by Gasteiger charge is -2.29. The molecule has 1 aliphatic heterocycles. The third-order valence-corrected chi connectivity index (χ3v) is 5.72. The molecule has 1 saturated heterocycles. The normalized spacial score (nSPS) is 18.4. The van der Waals surface area contributed by atoms with Crippen molar-refractivity contribution in [3.05, 3.63) is 108 Å². The Morgan fingerprint density at radius 3 is 2.53 bits per heavy atom. The second-order valence-corrected chi connectivity index (χ2v) is 7.73. The summed E-state index contributed by atoms with van der Waals surface area (Å²) >= 11 is 5.82. The van der Waals surface area contributed by atoms with Crippen molar-refractivity contribution < 1.29 is 0 Å². The van der Waals surface area contributed by atoms with E-state index in [0.29, 0.717) is 5.11 Å². The Hall–Kier alpha value is -3.51. The standard InChI is InChI=1S/C24H21N5S/c1-17-6-4-7-19(16-17)29-23(22(27-24(29)30)20-8-2-3-12-26-20)21-9-5-15-28(21)18-10-13-25-14-11-18/h2-16,22-23H,1H3,(H,27,30)/t22-,23+/m1/s1. The summed E-state index contributed by atoms with van der Waals surface area (Å²) in [6.45, 7) is 2.10. The molecular weight excluding hydrogens is 390 g/mol. The number of hydrogen-bond donors (Lipinski definition) is 1. The minimum absolute atomic E-state index is 0.0580.